The Morgan fingerprint density at radius 1 is 1.19 bits per heavy atom. The summed E-state index contributed by atoms with van der Waals surface area (Å²) in [7, 11) is 1.60. The van der Waals surface area contributed by atoms with Crippen molar-refractivity contribution in [3.63, 3.8) is 0 Å². The lowest BCUT2D eigenvalue weighted by Crippen LogP contribution is -2.34. The molecular weight excluding hydrogens is 270 g/mol. The Morgan fingerprint density at radius 3 is 2.38 bits per heavy atom. The van der Waals surface area contributed by atoms with Gasteiger partial charge < -0.3 is 4.74 Å². The molecular formula is C16H21NO4. The van der Waals surface area contributed by atoms with Crippen molar-refractivity contribution < 1.29 is 19.1 Å². The predicted molar refractivity (Wildman–Crippen MR) is 75.2 cm³/mol. The number of amides is 2. The summed E-state index contributed by atoms with van der Waals surface area (Å²) in [6, 6.07) is 0. The fraction of sp³-hybridized carbons (Fsp3) is 0.688. The molecule has 3 aliphatic rings. The number of fused-ring (bicyclic) bond motifs is 5. The number of ether oxygens (including phenoxy) is 1. The summed E-state index contributed by atoms with van der Waals surface area (Å²) in [5, 5.41) is 0. The normalized spacial score (nSPS) is 33.1. The maximum absolute atomic E-state index is 12.4. The minimum Gasteiger partial charge on any atom is -0.385 e. The van der Waals surface area contributed by atoms with E-state index >= 15 is 0 Å². The standard InChI is InChI=1S/C16H21NO4/c1-21-8-2-3-12(18)6-7-17-15(19)13-10-4-5-11(9-10)14(13)16(17)20/h4-5,10-11,13-14H,2-3,6-9H2,1H3. The molecule has 0 aromatic rings. The molecule has 4 atom stereocenters. The van der Waals surface area contributed by atoms with E-state index in [0.29, 0.717) is 19.4 Å². The van der Waals surface area contributed by atoms with Gasteiger partial charge in [-0.25, -0.2) is 0 Å². The Balaban J connectivity index is 1.55. The van der Waals surface area contributed by atoms with E-state index in [1.54, 1.807) is 7.11 Å². The first-order valence-electron chi connectivity index (χ1n) is 7.67. The first-order valence-corrected chi connectivity index (χ1v) is 7.67. The lowest BCUT2D eigenvalue weighted by molar-refractivity contribution is -0.140. The van der Waals surface area contributed by atoms with Crippen LogP contribution in [0, 0.1) is 23.7 Å². The van der Waals surface area contributed by atoms with Crippen LogP contribution in [0.25, 0.3) is 0 Å². The molecule has 0 aromatic carbocycles. The molecule has 3 rings (SSSR count). The molecule has 5 nitrogen and oxygen atoms in total. The number of likely N-dealkylation sites (tertiary alicyclic amines) is 1. The average molecular weight is 291 g/mol. The SMILES string of the molecule is COCCCC(=O)CCN1C(=O)C2C3C=CC(C3)C2C1=O. The van der Waals surface area contributed by atoms with Crippen molar-refractivity contribution in [2.24, 2.45) is 23.7 Å². The molecule has 1 saturated heterocycles. The minimum atomic E-state index is -0.156. The quantitative estimate of drug-likeness (QED) is 0.401. The van der Waals surface area contributed by atoms with Gasteiger partial charge in [0.15, 0.2) is 0 Å². The number of rotatable bonds is 7. The Bertz CT molecular complexity index is 469. The number of nitrogens with zero attached hydrogens (tertiary/aromatic N) is 1. The topological polar surface area (TPSA) is 63.7 Å². The van der Waals surface area contributed by atoms with Crippen LogP contribution in [0.15, 0.2) is 12.2 Å². The monoisotopic (exact) mass is 291 g/mol. The van der Waals surface area contributed by atoms with Gasteiger partial charge >= 0.3 is 0 Å². The zero-order valence-electron chi connectivity index (χ0n) is 12.3. The molecule has 2 amide bonds. The number of allylic oxidation sites excluding steroid dienone is 2. The van der Waals surface area contributed by atoms with E-state index in [9.17, 15) is 14.4 Å². The molecule has 0 spiro atoms. The first kappa shape index (κ1) is 14.4. The van der Waals surface area contributed by atoms with Crippen LogP contribution in [0.5, 0.6) is 0 Å². The molecule has 2 bridgehead atoms. The van der Waals surface area contributed by atoms with Gasteiger partial charge in [0.05, 0.1) is 11.8 Å². The van der Waals surface area contributed by atoms with Crippen molar-refractivity contribution >= 4 is 17.6 Å². The van der Waals surface area contributed by atoms with Crippen LogP contribution in [0.2, 0.25) is 0 Å². The number of hydrogen-bond acceptors (Lipinski definition) is 4. The van der Waals surface area contributed by atoms with Crippen LogP contribution in [0.3, 0.4) is 0 Å². The Hall–Kier alpha value is -1.49. The summed E-state index contributed by atoms with van der Waals surface area (Å²) >= 11 is 0. The van der Waals surface area contributed by atoms with Gasteiger partial charge in [0.2, 0.25) is 11.8 Å². The van der Waals surface area contributed by atoms with Crippen LogP contribution in [0.1, 0.15) is 25.7 Å². The highest BCUT2D eigenvalue weighted by Gasteiger charge is 2.58. The number of ketones is 1. The highest BCUT2D eigenvalue weighted by molar-refractivity contribution is 6.06. The van der Waals surface area contributed by atoms with Gasteiger partial charge in [-0.15, -0.1) is 0 Å². The molecule has 114 valence electrons. The van der Waals surface area contributed by atoms with Crippen LogP contribution >= 0.6 is 0 Å². The molecule has 1 heterocycles. The molecule has 1 saturated carbocycles. The van der Waals surface area contributed by atoms with Gasteiger partial charge in [0, 0.05) is 33.1 Å². The van der Waals surface area contributed by atoms with Gasteiger partial charge in [-0.2, -0.15) is 0 Å². The van der Waals surface area contributed by atoms with E-state index in [2.05, 4.69) is 12.2 Å². The fourth-order valence-corrected chi connectivity index (χ4v) is 3.96. The molecule has 2 fully saturated rings. The third kappa shape index (κ3) is 2.44. The van der Waals surface area contributed by atoms with E-state index in [4.69, 9.17) is 4.74 Å². The lowest BCUT2D eigenvalue weighted by atomic mass is 9.85. The fourth-order valence-electron chi connectivity index (χ4n) is 3.96. The molecule has 0 radical (unpaired) electrons. The number of carbonyl (C=O) groups is 3. The number of imide groups is 1. The van der Waals surface area contributed by atoms with Crippen molar-refractivity contribution in [1.82, 2.24) is 4.90 Å². The minimum absolute atomic E-state index is 0.0634. The van der Waals surface area contributed by atoms with Gasteiger partial charge in [-0.3, -0.25) is 19.3 Å². The van der Waals surface area contributed by atoms with E-state index < -0.39 is 0 Å². The predicted octanol–water partition coefficient (Wildman–Crippen LogP) is 1.18. The van der Waals surface area contributed by atoms with E-state index in [1.165, 1.54) is 4.90 Å². The van der Waals surface area contributed by atoms with E-state index in [-0.39, 0.29) is 54.2 Å². The molecule has 0 N–H and O–H groups in total. The highest BCUT2D eigenvalue weighted by atomic mass is 16.5. The Kier molecular flexibility index (Phi) is 3.93. The number of methoxy groups -OCH3 is 1. The van der Waals surface area contributed by atoms with Crippen LogP contribution in [-0.2, 0) is 19.1 Å². The largest absolute Gasteiger partial charge is 0.385 e. The maximum atomic E-state index is 12.4. The van der Waals surface area contributed by atoms with Gasteiger partial charge in [0.25, 0.3) is 0 Å². The molecule has 21 heavy (non-hydrogen) atoms. The summed E-state index contributed by atoms with van der Waals surface area (Å²) in [5.74, 6) is 0.119. The van der Waals surface area contributed by atoms with Crippen LogP contribution in [-0.4, -0.2) is 42.8 Å². The van der Waals surface area contributed by atoms with Gasteiger partial charge in [-0.05, 0) is 24.7 Å². The third-order valence-electron chi connectivity index (χ3n) is 4.98. The zero-order valence-corrected chi connectivity index (χ0v) is 12.3. The summed E-state index contributed by atoms with van der Waals surface area (Å²) in [6.45, 7) is 0.808. The highest BCUT2D eigenvalue weighted by Crippen LogP contribution is 2.52. The molecule has 2 aliphatic carbocycles. The summed E-state index contributed by atoms with van der Waals surface area (Å²) in [5.41, 5.74) is 0. The van der Waals surface area contributed by atoms with Crippen LogP contribution in [0.4, 0.5) is 0 Å². The Labute approximate surface area is 124 Å². The first-order chi connectivity index (χ1) is 10.1. The van der Waals surface area contributed by atoms with Crippen molar-refractivity contribution in [1.29, 1.82) is 0 Å². The van der Waals surface area contributed by atoms with Crippen LogP contribution < -0.4 is 0 Å². The van der Waals surface area contributed by atoms with Crippen molar-refractivity contribution in [2.75, 3.05) is 20.3 Å². The summed E-state index contributed by atoms with van der Waals surface area (Å²) in [6.07, 6.45) is 6.51. The molecule has 1 aliphatic heterocycles. The lowest BCUT2D eigenvalue weighted by Gasteiger charge is -2.16. The second-order valence-electron chi connectivity index (χ2n) is 6.21. The van der Waals surface area contributed by atoms with Gasteiger partial charge in [0.1, 0.15) is 5.78 Å². The maximum Gasteiger partial charge on any atom is 0.233 e. The smallest absolute Gasteiger partial charge is 0.233 e. The molecule has 0 aromatic heterocycles. The summed E-state index contributed by atoms with van der Waals surface area (Å²) in [4.78, 5) is 37.9. The Morgan fingerprint density at radius 2 is 1.81 bits per heavy atom. The second-order valence-corrected chi connectivity index (χ2v) is 6.21. The van der Waals surface area contributed by atoms with E-state index in [1.807, 2.05) is 0 Å². The zero-order chi connectivity index (χ0) is 15.0. The van der Waals surface area contributed by atoms with Gasteiger partial charge in [-0.1, -0.05) is 12.2 Å². The van der Waals surface area contributed by atoms with Crippen molar-refractivity contribution in [2.45, 2.75) is 25.7 Å². The van der Waals surface area contributed by atoms with E-state index in [0.717, 1.165) is 6.42 Å². The van der Waals surface area contributed by atoms with Crippen molar-refractivity contribution in [3.8, 4) is 0 Å². The molecule has 4 unspecified atom stereocenters. The summed E-state index contributed by atoms with van der Waals surface area (Å²) < 4.78 is 4.91. The second kappa shape index (κ2) is 5.72. The van der Waals surface area contributed by atoms with Crippen molar-refractivity contribution in [3.05, 3.63) is 12.2 Å². The number of hydrogen-bond donors (Lipinski definition) is 0. The number of Topliss-reactive ketones (excluding diaryl/α,β-unsaturated/α-hetero) is 1. The number of carbonyl (C=O) groups excluding carboxylic acids is 3. The third-order valence-corrected chi connectivity index (χ3v) is 4.98. The molecule has 5 heteroatoms. The average Bonchev–Trinajstić information content (AvgIpc) is 3.13.